The first-order chi connectivity index (χ1) is 50.3. The first-order valence-corrected chi connectivity index (χ1v) is 34.3. The molecule has 0 bridgehead atoms. The summed E-state index contributed by atoms with van der Waals surface area (Å²) in [7, 11) is -7.22. The predicted octanol–water partition coefficient (Wildman–Crippen LogP) is 20.0. The topological polar surface area (TPSA) is 161 Å². The summed E-state index contributed by atoms with van der Waals surface area (Å²) < 4.78 is 66.7. The fraction of sp³-hybridized carbons (Fsp3) is 0.0115. The maximum absolute atomic E-state index is 13.0. The molecule has 16 rings (SSSR count). The van der Waals surface area contributed by atoms with E-state index in [-0.39, 0.29) is 5.39 Å². The molecule has 0 aliphatic rings. The van der Waals surface area contributed by atoms with Crippen LogP contribution in [0.2, 0.25) is 0 Å². The Balaban J connectivity index is 0.000000146. The lowest BCUT2D eigenvalue weighted by molar-refractivity contribution is -0.0499. The minimum atomic E-state index is -5.82. The minimum Gasteiger partial charge on any atom is -0.423 e. The molecule has 0 aliphatic heterocycles. The molecule has 14 aromatic carbocycles. The fourth-order valence-corrected chi connectivity index (χ4v) is 12.5. The molecule has 2 aromatic heterocycles. The minimum absolute atomic E-state index is 0.226. The number of hydrogen-bond donors (Lipinski definition) is 2. The Morgan fingerprint density at radius 3 is 0.757 bits per heavy atom. The van der Waals surface area contributed by atoms with E-state index in [4.69, 9.17) is 40.0 Å². The summed E-state index contributed by atoms with van der Waals surface area (Å²) in [4.78, 5) is 28.8. The highest BCUT2D eigenvalue weighted by atomic mass is 32.2. The smallest absolute Gasteiger partial charge is 0.423 e. The zero-order valence-electron chi connectivity index (χ0n) is 54.9. The van der Waals surface area contributed by atoms with Gasteiger partial charge in [0.15, 0.2) is 40.7 Å². The van der Waals surface area contributed by atoms with Crippen molar-refractivity contribution in [1.82, 2.24) is 29.9 Å². The van der Waals surface area contributed by atoms with Crippen LogP contribution in [0.15, 0.2) is 352 Å². The van der Waals surface area contributed by atoms with E-state index in [1.165, 1.54) is 56.8 Å². The predicted molar refractivity (Wildman–Crippen MR) is 406 cm³/mol. The molecule has 2 heterocycles. The van der Waals surface area contributed by atoms with E-state index < -0.39 is 28.5 Å². The molecule has 16 heteroatoms. The van der Waals surface area contributed by atoms with Gasteiger partial charge in [0.1, 0.15) is 0 Å². The third kappa shape index (κ3) is 15.5. The van der Waals surface area contributed by atoms with Crippen molar-refractivity contribution in [2.24, 2.45) is 0 Å². The SMILES string of the molecule is O=S(=O)(Oc1ccc(-c2ccc(-c3nc(-c4ccccc4)nc(-c4ccccc4)n3)cc2)c2ccccc12)C(F)(F)F.OB(O)c1ccc(-c2ccccc2)cc1.c1ccc(-c2ccc(-c3ccc(-c4ccc(-c5nc(-c6ccccc6)nc(-c6ccccc6)n5)cc4)c4ccccc34)cc2)cc1. The molecule has 0 unspecified atom stereocenters. The van der Waals surface area contributed by atoms with Crippen molar-refractivity contribution in [2.45, 2.75) is 5.51 Å². The largest absolute Gasteiger partial charge is 0.534 e. The molecular weight excluding hydrogens is 1310 g/mol. The second-order valence-corrected chi connectivity index (χ2v) is 25.4. The van der Waals surface area contributed by atoms with Crippen LogP contribution >= 0.6 is 0 Å². The summed E-state index contributed by atoms with van der Waals surface area (Å²) in [5, 5.41) is 21.1. The van der Waals surface area contributed by atoms with Gasteiger partial charge in [0.2, 0.25) is 0 Å². The van der Waals surface area contributed by atoms with E-state index in [2.05, 4.69) is 119 Å². The quantitative estimate of drug-likeness (QED) is 0.0606. The molecule has 2 N–H and O–H groups in total. The maximum atomic E-state index is 13.0. The number of fused-ring (bicyclic) bond motifs is 2. The zero-order valence-corrected chi connectivity index (χ0v) is 55.7. The zero-order chi connectivity index (χ0) is 70.7. The summed E-state index contributed by atoms with van der Waals surface area (Å²) in [5.41, 5.74) is 11.1. The van der Waals surface area contributed by atoms with Gasteiger partial charge in [-0.3, -0.25) is 0 Å². The van der Waals surface area contributed by atoms with Crippen LogP contribution < -0.4 is 9.65 Å². The van der Waals surface area contributed by atoms with Crippen molar-refractivity contribution < 1.29 is 35.8 Å². The van der Waals surface area contributed by atoms with Crippen molar-refractivity contribution in [3.63, 3.8) is 0 Å². The number of rotatable bonds is 14. The summed E-state index contributed by atoms with van der Waals surface area (Å²) in [6, 6.07) is 114. The van der Waals surface area contributed by atoms with Gasteiger partial charge in [-0.25, -0.2) is 29.9 Å². The fourth-order valence-electron chi connectivity index (χ4n) is 12.0. The first kappa shape index (κ1) is 67.3. The Labute approximate surface area is 593 Å². The molecule has 16 aromatic rings. The van der Waals surface area contributed by atoms with Gasteiger partial charge >= 0.3 is 22.7 Å². The lowest BCUT2D eigenvalue weighted by Gasteiger charge is -2.14. The van der Waals surface area contributed by atoms with Gasteiger partial charge in [0.05, 0.1) is 0 Å². The van der Waals surface area contributed by atoms with Crippen molar-refractivity contribution >= 4 is 44.2 Å². The molecule has 0 radical (unpaired) electrons. The number of aromatic nitrogens is 6. The molecule has 498 valence electrons. The van der Waals surface area contributed by atoms with Gasteiger partial charge in [0.25, 0.3) is 0 Å². The molecule has 0 aliphatic carbocycles. The van der Waals surface area contributed by atoms with Crippen molar-refractivity contribution in [3.05, 3.63) is 352 Å². The van der Waals surface area contributed by atoms with Crippen molar-refractivity contribution in [2.75, 3.05) is 0 Å². The van der Waals surface area contributed by atoms with Crippen LogP contribution in [0.1, 0.15) is 0 Å². The van der Waals surface area contributed by atoms with Crippen LogP contribution in [0.4, 0.5) is 13.2 Å². The Morgan fingerprint density at radius 2 is 0.466 bits per heavy atom. The van der Waals surface area contributed by atoms with Gasteiger partial charge in [-0.15, -0.1) is 0 Å². The summed E-state index contributed by atoms with van der Waals surface area (Å²) >= 11 is 0. The molecule has 103 heavy (non-hydrogen) atoms. The Bertz CT molecular complexity index is 5590. The van der Waals surface area contributed by atoms with Crippen LogP contribution in [0.25, 0.3) is 146 Å². The Morgan fingerprint density at radius 1 is 0.252 bits per heavy atom. The van der Waals surface area contributed by atoms with Gasteiger partial charge in [0, 0.05) is 38.8 Å². The first-order valence-electron chi connectivity index (χ1n) is 32.9. The summed E-state index contributed by atoms with van der Waals surface area (Å²) in [6.45, 7) is 0. The molecule has 0 saturated carbocycles. The Hall–Kier alpha value is -12.9. The van der Waals surface area contributed by atoms with Crippen LogP contribution in [0.5, 0.6) is 5.75 Å². The monoisotopic (exact) mass is 1370 g/mol. The van der Waals surface area contributed by atoms with Gasteiger partial charge in [-0.05, 0) is 89.4 Å². The number of hydrogen-bond acceptors (Lipinski definition) is 11. The molecular formula is C87H60BF3N6O5S. The second kappa shape index (κ2) is 30.3. The van der Waals surface area contributed by atoms with E-state index in [9.17, 15) is 21.6 Å². The number of alkyl halides is 3. The molecule has 0 amide bonds. The van der Waals surface area contributed by atoms with E-state index in [1.54, 1.807) is 30.3 Å². The number of benzene rings is 14. The summed E-state index contributed by atoms with van der Waals surface area (Å²) in [6.07, 6.45) is 0. The highest BCUT2D eigenvalue weighted by Gasteiger charge is 2.48. The van der Waals surface area contributed by atoms with Crippen LogP contribution in [0, 0.1) is 0 Å². The van der Waals surface area contributed by atoms with Crippen molar-refractivity contribution in [1.29, 1.82) is 0 Å². The van der Waals surface area contributed by atoms with E-state index in [0.29, 0.717) is 51.4 Å². The standard InChI is InChI=1S/C43H29N3.C32H20F3N3O3S.C12H11BO2/c1-4-12-30(13-5-1)31-20-22-32(23-21-31)37-28-29-38(40-19-11-10-18-39(37)40)33-24-26-36(27-25-33)43-45-41(34-14-6-2-7-15-34)44-42(46-43)35-16-8-3-9-17-35;33-32(34,35)42(39,40)41-28-20-19-25(26-13-7-8-14-27(26)28)21-15-17-24(18-16-21)31-37-29(22-9-3-1-4-10-22)36-30(38-31)23-11-5-2-6-12-23;14-13(15)12-8-6-11(7-9-12)10-4-2-1-3-5-10/h1-29H;1-20H;1-9,14-15H. The lowest BCUT2D eigenvalue weighted by atomic mass is 9.80. The lowest BCUT2D eigenvalue weighted by Crippen LogP contribution is -2.29. The van der Waals surface area contributed by atoms with Gasteiger partial charge < -0.3 is 14.2 Å². The second-order valence-electron chi connectivity index (χ2n) is 23.9. The highest BCUT2D eigenvalue weighted by Crippen LogP contribution is 2.40. The van der Waals surface area contributed by atoms with Crippen molar-refractivity contribution in [3.8, 4) is 130 Å². The average Bonchev–Trinajstić information content (AvgIpc) is 0.784. The van der Waals surface area contributed by atoms with Crippen LogP contribution in [-0.2, 0) is 10.1 Å². The number of nitrogens with zero attached hydrogens (tertiary/aromatic N) is 6. The van der Waals surface area contributed by atoms with Crippen LogP contribution in [-0.4, -0.2) is 61.0 Å². The molecule has 0 fully saturated rings. The third-order valence-corrected chi connectivity index (χ3v) is 18.2. The Kier molecular flexibility index (Phi) is 19.8. The molecule has 0 spiro atoms. The van der Waals surface area contributed by atoms with Gasteiger partial charge in [-0.1, -0.05) is 340 Å². The van der Waals surface area contributed by atoms with E-state index in [1.807, 2.05) is 188 Å². The maximum Gasteiger partial charge on any atom is 0.534 e. The van der Waals surface area contributed by atoms with E-state index >= 15 is 0 Å². The van der Waals surface area contributed by atoms with E-state index in [0.717, 1.165) is 55.6 Å². The molecule has 0 atom stereocenters. The molecule has 0 saturated heterocycles. The summed E-state index contributed by atoms with van der Waals surface area (Å²) in [5.74, 6) is 3.09. The van der Waals surface area contributed by atoms with Crippen LogP contribution in [0.3, 0.4) is 0 Å². The number of halogens is 3. The highest BCUT2D eigenvalue weighted by molar-refractivity contribution is 7.88. The average molecular weight is 1370 g/mol. The third-order valence-electron chi connectivity index (χ3n) is 17.2. The normalized spacial score (nSPS) is 11.2. The molecule has 11 nitrogen and oxygen atoms in total. The van der Waals surface area contributed by atoms with Gasteiger partial charge in [-0.2, -0.15) is 21.6 Å².